The van der Waals surface area contributed by atoms with Crippen molar-refractivity contribution in [1.29, 1.82) is 0 Å². The molecule has 0 aliphatic carbocycles. The lowest BCUT2D eigenvalue weighted by Crippen LogP contribution is -2.43. The molecule has 0 bridgehead atoms. The van der Waals surface area contributed by atoms with Crippen LogP contribution in [0.2, 0.25) is 51.4 Å². The lowest BCUT2D eigenvalue weighted by molar-refractivity contribution is 0.0166. The summed E-state index contributed by atoms with van der Waals surface area (Å²) in [6.45, 7) is 28.4. The summed E-state index contributed by atoms with van der Waals surface area (Å²) in [6.07, 6.45) is 5.51. The van der Waals surface area contributed by atoms with Crippen molar-refractivity contribution < 1.29 is 28.1 Å². The zero-order valence-electron chi connectivity index (χ0n) is 36.1. The Morgan fingerprint density at radius 1 is 1.02 bits per heavy atom. The zero-order valence-corrected chi connectivity index (χ0v) is 38.1. The van der Waals surface area contributed by atoms with Crippen LogP contribution in [0.4, 0.5) is 9.18 Å². The largest absolute Gasteiger partial charge is 0.486 e. The van der Waals surface area contributed by atoms with E-state index >= 15 is 4.39 Å². The molecule has 0 aromatic heterocycles. The monoisotopic (exact) mass is 802 g/mol. The van der Waals surface area contributed by atoms with E-state index in [1.54, 1.807) is 9.91 Å². The van der Waals surface area contributed by atoms with Crippen LogP contribution in [0.1, 0.15) is 52.5 Å². The van der Waals surface area contributed by atoms with Crippen LogP contribution in [0.3, 0.4) is 0 Å². The number of methoxy groups -OCH3 is 1. The topological polar surface area (TPSA) is 88.1 Å². The molecule has 1 heterocycles. The Bertz CT molecular complexity index is 1470. The number of benzene rings is 1. The molecule has 0 spiro atoms. The van der Waals surface area contributed by atoms with Gasteiger partial charge in [-0.05, 0) is 49.9 Å². The summed E-state index contributed by atoms with van der Waals surface area (Å²) >= 11 is 0. The number of ether oxygens (including phenoxy) is 4. The molecule has 10 nitrogen and oxygen atoms in total. The lowest BCUT2D eigenvalue weighted by atomic mass is 9.93. The molecule has 55 heavy (non-hydrogen) atoms. The Kier molecular flexibility index (Phi) is 20.5. The number of nitrogens with one attached hydrogen (secondary N) is 1. The van der Waals surface area contributed by atoms with Gasteiger partial charge in [0.2, 0.25) is 0 Å². The molecule has 1 amide bonds. The van der Waals surface area contributed by atoms with Crippen molar-refractivity contribution in [3.63, 3.8) is 0 Å². The van der Waals surface area contributed by atoms with Crippen LogP contribution in [-0.2, 0) is 25.6 Å². The van der Waals surface area contributed by atoms with E-state index in [4.69, 9.17) is 18.9 Å². The molecule has 1 N–H and O–H groups in total. The quantitative estimate of drug-likeness (QED) is 0.0199. The van der Waals surface area contributed by atoms with Crippen LogP contribution >= 0.6 is 0 Å². The van der Waals surface area contributed by atoms with Crippen molar-refractivity contribution in [2.45, 2.75) is 111 Å². The van der Waals surface area contributed by atoms with Gasteiger partial charge >= 0.3 is 6.09 Å². The van der Waals surface area contributed by atoms with Gasteiger partial charge in [-0.3, -0.25) is 4.90 Å². The van der Waals surface area contributed by atoms with Crippen molar-refractivity contribution in [1.82, 2.24) is 20.1 Å². The minimum atomic E-state index is -1.39. The molecule has 0 radical (unpaired) electrons. The van der Waals surface area contributed by atoms with Crippen molar-refractivity contribution in [3.05, 3.63) is 82.3 Å². The van der Waals surface area contributed by atoms with E-state index in [9.17, 15) is 4.79 Å². The first-order valence-electron chi connectivity index (χ1n) is 19.8. The second-order valence-electron chi connectivity index (χ2n) is 16.6. The minimum Gasteiger partial charge on any atom is -0.486 e. The first-order valence-corrected chi connectivity index (χ1v) is 27.2. The van der Waals surface area contributed by atoms with E-state index in [2.05, 4.69) is 81.2 Å². The molecule has 1 aromatic rings. The smallest absolute Gasteiger partial charge is 0.410 e. The van der Waals surface area contributed by atoms with E-state index in [-0.39, 0.29) is 38.2 Å². The number of carbonyl (C=O) groups is 1. The zero-order chi connectivity index (χ0) is 41.2. The molecule has 1 aliphatic heterocycles. The Morgan fingerprint density at radius 3 is 2.15 bits per heavy atom. The number of hydrogen-bond acceptors (Lipinski definition) is 9. The average Bonchev–Trinajstić information content (AvgIpc) is 3.58. The Balaban J connectivity index is 2.71. The van der Waals surface area contributed by atoms with E-state index in [0.717, 1.165) is 53.2 Å². The van der Waals surface area contributed by atoms with Gasteiger partial charge in [0.15, 0.2) is 5.76 Å². The average molecular weight is 802 g/mol. The SMILES string of the molecule is C=NN(COCC[Si](C)(C)C)/C(C)=C/CC([C@H](C)/C(F)=C(\C=C(CC)CC)OCc1ccccc1)N(COCC[Si](C)(C)C)C1=C(NC)CN(C(=O)OC)C1. The number of halogens is 1. The molecule has 2 rings (SSSR count). The summed E-state index contributed by atoms with van der Waals surface area (Å²) in [6, 6.07) is 11.4. The van der Waals surface area contributed by atoms with Gasteiger partial charge in [0, 0.05) is 60.8 Å². The second kappa shape index (κ2) is 23.6. The summed E-state index contributed by atoms with van der Waals surface area (Å²) in [5.74, 6) is -0.769. The summed E-state index contributed by atoms with van der Waals surface area (Å²) in [4.78, 5) is 16.6. The summed E-state index contributed by atoms with van der Waals surface area (Å²) in [5, 5.41) is 9.32. The first-order chi connectivity index (χ1) is 26.0. The highest BCUT2D eigenvalue weighted by molar-refractivity contribution is 6.76. The second-order valence-corrected chi connectivity index (χ2v) is 27.9. The number of amides is 1. The predicted octanol–water partition coefficient (Wildman–Crippen LogP) is 9.79. The standard InChI is InChI=1S/C42H72FN5O5Si2/c1-14-35(15-2)27-40(53-30-36-19-17-16-18-20-36)41(43)34(4)38(22-21-33(3)48(45-6)32-52-24-26-55(11,12)13)47(31-51-23-25-54(8,9)10)39-29-46(42(49)50-7)28-37(39)44-5/h16-21,27,34,38,44H,6,14-15,22-26,28-32H2,1-5,7-13H3/b33-21+,41-40-/t34-,38?/m0/s1. The molecule has 1 unspecified atom stereocenters. The highest BCUT2D eigenvalue weighted by Crippen LogP contribution is 2.34. The number of nitrogens with zero attached hydrogens (tertiary/aromatic N) is 4. The van der Waals surface area contributed by atoms with Gasteiger partial charge in [0.25, 0.3) is 0 Å². The highest BCUT2D eigenvalue weighted by atomic mass is 28.3. The summed E-state index contributed by atoms with van der Waals surface area (Å²) < 4.78 is 41.3. The first kappa shape index (κ1) is 47.8. The third kappa shape index (κ3) is 16.7. The van der Waals surface area contributed by atoms with Crippen molar-refractivity contribution in [2.75, 3.05) is 53.9 Å². The van der Waals surface area contributed by atoms with Crippen LogP contribution in [0, 0.1) is 5.92 Å². The molecule has 0 saturated carbocycles. The van der Waals surface area contributed by atoms with Crippen molar-refractivity contribution >= 4 is 29.0 Å². The van der Waals surface area contributed by atoms with Crippen LogP contribution in [0.5, 0.6) is 0 Å². The fraction of sp³-hybridized carbons (Fsp3) is 0.619. The van der Waals surface area contributed by atoms with E-state index in [0.29, 0.717) is 26.2 Å². The fourth-order valence-electron chi connectivity index (χ4n) is 6.00. The molecule has 1 aliphatic rings. The molecule has 0 saturated heterocycles. The van der Waals surface area contributed by atoms with E-state index in [1.807, 2.05) is 57.3 Å². The summed E-state index contributed by atoms with van der Waals surface area (Å²) in [5.41, 5.74) is 4.60. The lowest BCUT2D eigenvalue weighted by Gasteiger charge is -2.38. The maximum atomic E-state index is 17.4. The fourth-order valence-corrected chi connectivity index (χ4v) is 7.52. The van der Waals surface area contributed by atoms with Crippen LogP contribution in [0.15, 0.2) is 81.8 Å². The third-order valence-electron chi connectivity index (χ3n) is 9.88. The van der Waals surface area contributed by atoms with Gasteiger partial charge in [0.1, 0.15) is 25.9 Å². The number of rotatable bonds is 25. The predicted molar refractivity (Wildman–Crippen MR) is 231 cm³/mol. The normalized spacial score (nSPS) is 15.3. The maximum Gasteiger partial charge on any atom is 0.410 e. The minimum absolute atomic E-state index is 0.212. The van der Waals surface area contributed by atoms with Gasteiger partial charge < -0.3 is 29.2 Å². The van der Waals surface area contributed by atoms with Gasteiger partial charge in [-0.1, -0.05) is 102 Å². The molecule has 310 valence electrons. The number of likely N-dealkylation sites (N-methyl/N-ethyl adjacent to an activating group) is 1. The Morgan fingerprint density at radius 2 is 1.62 bits per heavy atom. The van der Waals surface area contributed by atoms with Crippen LogP contribution < -0.4 is 5.32 Å². The third-order valence-corrected chi connectivity index (χ3v) is 13.3. The van der Waals surface area contributed by atoms with Crippen molar-refractivity contribution in [2.24, 2.45) is 11.0 Å². The Labute approximate surface area is 334 Å². The molecule has 2 atom stereocenters. The van der Waals surface area contributed by atoms with E-state index in [1.165, 1.54) is 7.11 Å². The Hall–Kier alpha value is -3.40. The summed E-state index contributed by atoms with van der Waals surface area (Å²) in [7, 11) is 0.573. The number of carbonyl (C=O) groups excluding carboxylic acids is 1. The van der Waals surface area contributed by atoms with Crippen LogP contribution in [-0.4, -0.2) is 104 Å². The molecule has 1 aromatic carbocycles. The molecular formula is C42H72FN5O5Si2. The number of hydrogen-bond donors (Lipinski definition) is 1. The number of allylic oxidation sites excluding steroid dienone is 3. The molecular weight excluding hydrogens is 730 g/mol. The van der Waals surface area contributed by atoms with Gasteiger partial charge in [-0.15, -0.1) is 0 Å². The van der Waals surface area contributed by atoms with Gasteiger partial charge in [0.05, 0.1) is 31.6 Å². The maximum absolute atomic E-state index is 17.4. The highest BCUT2D eigenvalue weighted by Gasteiger charge is 2.36. The van der Waals surface area contributed by atoms with Crippen molar-refractivity contribution in [3.8, 4) is 0 Å². The molecule has 13 heteroatoms. The van der Waals surface area contributed by atoms with E-state index < -0.39 is 34.2 Å². The van der Waals surface area contributed by atoms with Gasteiger partial charge in [-0.25, -0.2) is 14.2 Å². The number of hydrazone groups is 1. The van der Waals surface area contributed by atoms with Crippen LogP contribution in [0.25, 0.3) is 0 Å². The van der Waals surface area contributed by atoms with Gasteiger partial charge in [-0.2, -0.15) is 5.10 Å². The molecule has 0 fully saturated rings.